The van der Waals surface area contributed by atoms with E-state index in [-0.39, 0.29) is 18.0 Å². The van der Waals surface area contributed by atoms with E-state index in [2.05, 4.69) is 4.98 Å². The molecule has 6 nitrogen and oxygen atoms in total. The van der Waals surface area contributed by atoms with Crippen molar-refractivity contribution in [1.29, 1.82) is 0 Å². The van der Waals surface area contributed by atoms with Crippen molar-refractivity contribution in [3.63, 3.8) is 0 Å². The second kappa shape index (κ2) is 6.64. The first-order chi connectivity index (χ1) is 10.3. The zero-order chi connectivity index (χ0) is 16.3. The molecule has 0 radical (unpaired) electrons. The number of nitrogens with zero attached hydrogens (tertiary/aromatic N) is 2. The van der Waals surface area contributed by atoms with Gasteiger partial charge in [0.1, 0.15) is 10.5 Å². The molecule has 1 atom stereocenters. The molecule has 2 heterocycles. The van der Waals surface area contributed by atoms with Crippen molar-refractivity contribution in [3.05, 3.63) is 16.1 Å². The molecule has 0 unspecified atom stereocenters. The molecular weight excluding hydrogens is 304 g/mol. The monoisotopic (exact) mass is 326 g/mol. The maximum atomic E-state index is 12.0. The number of amides is 1. The van der Waals surface area contributed by atoms with Gasteiger partial charge < -0.3 is 14.4 Å². The fraction of sp³-hybridized carbons (Fsp3) is 0.667. The summed E-state index contributed by atoms with van der Waals surface area (Å²) in [7, 11) is 0. The Bertz CT molecular complexity index is 550. The molecule has 1 fully saturated rings. The van der Waals surface area contributed by atoms with Crippen LogP contribution in [0.2, 0.25) is 0 Å². The Kier molecular flexibility index (Phi) is 5.05. The van der Waals surface area contributed by atoms with Crippen molar-refractivity contribution < 1.29 is 19.1 Å². The van der Waals surface area contributed by atoms with E-state index in [1.165, 1.54) is 11.3 Å². The normalized spacial score (nSPS) is 18.4. The second-order valence-electron chi connectivity index (χ2n) is 6.20. The van der Waals surface area contributed by atoms with Gasteiger partial charge in [0.2, 0.25) is 0 Å². The second-order valence-corrected chi connectivity index (χ2v) is 7.26. The highest BCUT2D eigenvalue weighted by Crippen LogP contribution is 2.31. The summed E-state index contributed by atoms with van der Waals surface area (Å²) < 4.78 is 10.3. The molecule has 1 saturated heterocycles. The van der Waals surface area contributed by atoms with Crippen LogP contribution in [0, 0.1) is 0 Å². The zero-order valence-electron chi connectivity index (χ0n) is 13.4. The zero-order valence-corrected chi connectivity index (χ0v) is 14.2. The molecule has 122 valence electrons. The third kappa shape index (κ3) is 4.19. The summed E-state index contributed by atoms with van der Waals surface area (Å²) in [6, 6.07) is 0. The molecule has 0 aromatic carbocycles. The van der Waals surface area contributed by atoms with Gasteiger partial charge in [-0.3, -0.25) is 0 Å². The van der Waals surface area contributed by atoms with E-state index in [1.807, 2.05) is 20.8 Å². The van der Waals surface area contributed by atoms with Crippen molar-refractivity contribution in [1.82, 2.24) is 9.88 Å². The largest absolute Gasteiger partial charge is 0.462 e. The molecule has 0 N–H and O–H groups in total. The first-order valence-electron chi connectivity index (χ1n) is 7.41. The quantitative estimate of drug-likeness (QED) is 0.799. The van der Waals surface area contributed by atoms with Gasteiger partial charge >= 0.3 is 12.1 Å². The summed E-state index contributed by atoms with van der Waals surface area (Å²) in [6.45, 7) is 8.90. The van der Waals surface area contributed by atoms with Crippen LogP contribution in [-0.2, 0) is 9.47 Å². The van der Waals surface area contributed by atoms with Crippen molar-refractivity contribution in [2.45, 2.75) is 45.6 Å². The number of thiazole rings is 1. The molecule has 0 saturated carbocycles. The van der Waals surface area contributed by atoms with Gasteiger partial charge in [-0.05, 0) is 34.1 Å². The molecular formula is C15H22N2O4S. The molecule has 1 aromatic heterocycles. The van der Waals surface area contributed by atoms with Crippen LogP contribution in [0.4, 0.5) is 4.79 Å². The highest BCUT2D eigenvalue weighted by molar-refractivity contribution is 7.13. The molecule has 22 heavy (non-hydrogen) atoms. The number of hydrogen-bond acceptors (Lipinski definition) is 6. The highest BCUT2D eigenvalue weighted by Gasteiger charge is 2.32. The van der Waals surface area contributed by atoms with Crippen molar-refractivity contribution in [2.24, 2.45) is 0 Å². The lowest BCUT2D eigenvalue weighted by Gasteiger charge is -2.24. The average molecular weight is 326 g/mol. The van der Waals surface area contributed by atoms with Crippen LogP contribution in [0.1, 0.15) is 54.7 Å². The molecule has 1 aliphatic rings. The summed E-state index contributed by atoms with van der Waals surface area (Å²) >= 11 is 1.34. The molecule has 1 aliphatic heterocycles. The summed E-state index contributed by atoms with van der Waals surface area (Å²) in [5, 5.41) is 0.870. The van der Waals surface area contributed by atoms with E-state index < -0.39 is 5.60 Å². The van der Waals surface area contributed by atoms with Gasteiger partial charge in [-0.1, -0.05) is 0 Å². The smallest absolute Gasteiger partial charge is 0.410 e. The Balaban J connectivity index is 1.96. The van der Waals surface area contributed by atoms with E-state index in [9.17, 15) is 9.59 Å². The number of carbonyl (C=O) groups is 2. The van der Waals surface area contributed by atoms with Crippen LogP contribution in [0.25, 0.3) is 0 Å². The Labute approximate surface area is 134 Å². The maximum Gasteiger partial charge on any atom is 0.410 e. The Morgan fingerprint density at radius 1 is 1.45 bits per heavy atom. The molecule has 1 aromatic rings. The number of carbonyl (C=O) groups excluding carboxylic acids is 2. The SMILES string of the molecule is CCOC(=O)c1cnc([C@@H]2CCN(C(=O)OC(C)(C)C)C2)s1. The van der Waals surface area contributed by atoms with Gasteiger partial charge in [-0.2, -0.15) is 0 Å². The van der Waals surface area contributed by atoms with Gasteiger partial charge in [0.05, 0.1) is 17.8 Å². The fourth-order valence-electron chi connectivity index (χ4n) is 2.23. The summed E-state index contributed by atoms with van der Waals surface area (Å²) in [5.41, 5.74) is -0.493. The number of esters is 1. The van der Waals surface area contributed by atoms with Crippen LogP contribution in [0.15, 0.2) is 6.20 Å². The standard InChI is InChI=1S/C15H22N2O4S/c1-5-20-13(18)11-8-16-12(22-11)10-6-7-17(9-10)14(19)21-15(2,3)4/h8,10H,5-7,9H2,1-4H3/t10-/m1/s1. The van der Waals surface area contributed by atoms with Gasteiger partial charge in [0.15, 0.2) is 0 Å². The van der Waals surface area contributed by atoms with Crippen LogP contribution in [0.5, 0.6) is 0 Å². The molecule has 0 aliphatic carbocycles. The molecule has 7 heteroatoms. The van der Waals surface area contributed by atoms with Crippen molar-refractivity contribution in [3.8, 4) is 0 Å². The Hall–Kier alpha value is -1.63. The van der Waals surface area contributed by atoms with E-state index in [0.29, 0.717) is 24.6 Å². The van der Waals surface area contributed by atoms with E-state index >= 15 is 0 Å². The maximum absolute atomic E-state index is 12.0. The van der Waals surface area contributed by atoms with E-state index in [0.717, 1.165) is 11.4 Å². The fourth-order valence-corrected chi connectivity index (χ4v) is 3.16. The number of hydrogen-bond donors (Lipinski definition) is 0. The van der Waals surface area contributed by atoms with E-state index in [1.54, 1.807) is 18.0 Å². The van der Waals surface area contributed by atoms with Crippen LogP contribution in [0.3, 0.4) is 0 Å². The number of rotatable bonds is 3. The predicted molar refractivity (Wildman–Crippen MR) is 83.2 cm³/mol. The molecule has 0 spiro atoms. The van der Waals surface area contributed by atoms with Crippen LogP contribution < -0.4 is 0 Å². The third-order valence-corrected chi connectivity index (χ3v) is 4.33. The lowest BCUT2D eigenvalue weighted by Crippen LogP contribution is -2.35. The van der Waals surface area contributed by atoms with Gasteiger partial charge in [0, 0.05) is 19.0 Å². The average Bonchev–Trinajstić information content (AvgIpc) is 3.06. The minimum absolute atomic E-state index is 0.153. The van der Waals surface area contributed by atoms with Gasteiger partial charge in [-0.25, -0.2) is 14.6 Å². The Morgan fingerprint density at radius 3 is 2.82 bits per heavy atom. The first kappa shape index (κ1) is 16.7. The first-order valence-corrected chi connectivity index (χ1v) is 8.22. The number of likely N-dealkylation sites (tertiary alicyclic amines) is 1. The topological polar surface area (TPSA) is 68.7 Å². The van der Waals surface area contributed by atoms with Gasteiger partial charge in [-0.15, -0.1) is 11.3 Å². The minimum atomic E-state index is -0.493. The molecule has 0 bridgehead atoms. The summed E-state index contributed by atoms with van der Waals surface area (Å²) in [4.78, 5) is 30.2. The summed E-state index contributed by atoms with van der Waals surface area (Å²) in [6.07, 6.45) is 2.08. The van der Waals surface area contributed by atoms with Crippen molar-refractivity contribution in [2.75, 3.05) is 19.7 Å². The Morgan fingerprint density at radius 2 is 2.18 bits per heavy atom. The predicted octanol–water partition coefficient (Wildman–Crippen LogP) is 3.04. The number of aromatic nitrogens is 1. The summed E-state index contributed by atoms with van der Waals surface area (Å²) in [5.74, 6) is -0.186. The minimum Gasteiger partial charge on any atom is -0.462 e. The van der Waals surface area contributed by atoms with Crippen LogP contribution in [-0.4, -0.2) is 47.2 Å². The van der Waals surface area contributed by atoms with Crippen LogP contribution >= 0.6 is 11.3 Å². The molecule has 2 rings (SSSR count). The molecule has 1 amide bonds. The third-order valence-electron chi connectivity index (χ3n) is 3.19. The lowest BCUT2D eigenvalue weighted by molar-refractivity contribution is 0.0292. The highest BCUT2D eigenvalue weighted by atomic mass is 32.1. The van der Waals surface area contributed by atoms with Crippen molar-refractivity contribution >= 4 is 23.4 Å². The number of ether oxygens (including phenoxy) is 2. The van der Waals surface area contributed by atoms with E-state index in [4.69, 9.17) is 9.47 Å². The van der Waals surface area contributed by atoms with Gasteiger partial charge in [0.25, 0.3) is 0 Å². The lowest BCUT2D eigenvalue weighted by atomic mass is 10.1.